The van der Waals surface area contributed by atoms with E-state index in [-0.39, 0.29) is 16.9 Å². The monoisotopic (exact) mass is 627 g/mol. The van der Waals surface area contributed by atoms with Crippen LogP contribution in [0, 0.1) is 5.41 Å². The highest BCUT2D eigenvalue weighted by Gasteiger charge is 2.38. The predicted octanol–water partition coefficient (Wildman–Crippen LogP) is 11.4. The van der Waals surface area contributed by atoms with Gasteiger partial charge in [-0.3, -0.25) is 4.99 Å². The van der Waals surface area contributed by atoms with Crippen molar-refractivity contribution >= 4 is 39.7 Å². The first-order valence-corrected chi connectivity index (χ1v) is 16.8. The number of benzene rings is 5. The van der Waals surface area contributed by atoms with Crippen molar-refractivity contribution in [1.82, 2.24) is 5.32 Å². The van der Waals surface area contributed by atoms with Crippen molar-refractivity contribution in [1.29, 1.82) is 0 Å². The zero-order valence-electron chi connectivity index (χ0n) is 27.6. The molecule has 0 bridgehead atoms. The second-order valence-corrected chi connectivity index (χ2v) is 15.2. The Hall–Kier alpha value is -4.42. The summed E-state index contributed by atoms with van der Waals surface area (Å²) in [7, 11) is 1.82. The van der Waals surface area contributed by atoms with Crippen LogP contribution in [0.2, 0.25) is 0 Å². The van der Waals surface area contributed by atoms with Crippen molar-refractivity contribution in [3.8, 4) is 23.0 Å². The van der Waals surface area contributed by atoms with Gasteiger partial charge >= 0.3 is 0 Å². The Labute approximate surface area is 276 Å². The van der Waals surface area contributed by atoms with Crippen LogP contribution in [0.25, 0.3) is 10.8 Å². The average molecular weight is 628 g/mol. The lowest BCUT2D eigenvalue weighted by atomic mass is 9.72. The van der Waals surface area contributed by atoms with Gasteiger partial charge in [-0.2, -0.15) is 0 Å². The Balaban J connectivity index is 1.39. The van der Waals surface area contributed by atoms with Crippen LogP contribution in [0.15, 0.2) is 106 Å². The Bertz CT molecular complexity index is 1990. The van der Waals surface area contributed by atoms with E-state index >= 15 is 0 Å². The smallest absolute Gasteiger partial charge is 0.186 e. The number of para-hydroxylation sites is 1. The molecule has 0 radical (unpaired) electrons. The molecule has 0 saturated carbocycles. The Morgan fingerprint density at radius 3 is 2.20 bits per heavy atom. The lowest BCUT2D eigenvalue weighted by Crippen LogP contribution is -2.24. The standard InChI is InChI=1S/C40H41N3O2S/c1-24-32-33(38(41-7)42-24)35(44-28-20-17-27(18-21-28)40(5,6)23-39(2,3)4)36(37-34(32)43-30-14-10-11-15-31(30)46-37)45-29-19-16-25-12-8-9-13-26(25)22-29/h8-22,24,43H,23H2,1-7H3,(H,41,42). The molecule has 46 heavy (non-hydrogen) atoms. The highest BCUT2D eigenvalue weighted by atomic mass is 32.2. The minimum atomic E-state index is 0.0263. The summed E-state index contributed by atoms with van der Waals surface area (Å²) in [6.45, 7) is 13.7. The van der Waals surface area contributed by atoms with Crippen molar-refractivity contribution in [2.45, 2.75) is 69.2 Å². The molecule has 0 fully saturated rings. The van der Waals surface area contributed by atoms with Crippen molar-refractivity contribution in [2.75, 3.05) is 12.4 Å². The average Bonchev–Trinajstić information content (AvgIpc) is 3.37. The molecule has 5 aromatic rings. The Morgan fingerprint density at radius 2 is 1.46 bits per heavy atom. The van der Waals surface area contributed by atoms with Gasteiger partial charge in [0.25, 0.3) is 0 Å². The zero-order valence-corrected chi connectivity index (χ0v) is 28.4. The first kappa shape index (κ1) is 30.2. The summed E-state index contributed by atoms with van der Waals surface area (Å²) in [5, 5.41) is 9.64. The minimum Gasteiger partial charge on any atom is -0.453 e. The maximum Gasteiger partial charge on any atom is 0.186 e. The van der Waals surface area contributed by atoms with E-state index in [1.807, 2.05) is 13.1 Å². The number of hydrogen-bond donors (Lipinski definition) is 2. The number of fused-ring (bicyclic) bond motifs is 5. The van der Waals surface area contributed by atoms with Gasteiger partial charge < -0.3 is 20.1 Å². The highest BCUT2D eigenvalue weighted by Crippen LogP contribution is 2.58. The van der Waals surface area contributed by atoms with Gasteiger partial charge in [0.15, 0.2) is 11.5 Å². The van der Waals surface area contributed by atoms with E-state index in [9.17, 15) is 0 Å². The van der Waals surface area contributed by atoms with Crippen molar-refractivity contribution in [2.24, 2.45) is 10.4 Å². The van der Waals surface area contributed by atoms with E-state index in [1.54, 1.807) is 11.8 Å². The molecule has 6 heteroatoms. The van der Waals surface area contributed by atoms with Gasteiger partial charge in [0.2, 0.25) is 0 Å². The maximum atomic E-state index is 6.93. The van der Waals surface area contributed by atoms with E-state index < -0.39 is 0 Å². The summed E-state index contributed by atoms with van der Waals surface area (Å²) < 4.78 is 13.8. The molecule has 7 rings (SSSR count). The van der Waals surface area contributed by atoms with E-state index in [2.05, 4.69) is 142 Å². The van der Waals surface area contributed by atoms with Crippen molar-refractivity contribution in [3.05, 3.63) is 108 Å². The third-order valence-corrected chi connectivity index (χ3v) is 9.95. The SMILES string of the molecule is CN=C1NC(C)c2c3c(c(Oc4ccc5ccccc5c4)c(Oc4ccc(C(C)(C)CC(C)(C)C)cc4)c21)Sc1ccccc1N3. The number of rotatable bonds is 6. The first-order valence-electron chi connectivity index (χ1n) is 16.0. The molecule has 1 unspecified atom stereocenters. The number of anilines is 2. The van der Waals surface area contributed by atoms with Gasteiger partial charge in [-0.05, 0) is 76.9 Å². The van der Waals surface area contributed by atoms with E-state index in [0.717, 1.165) is 61.4 Å². The minimum absolute atomic E-state index is 0.0263. The molecule has 2 N–H and O–H groups in total. The van der Waals surface area contributed by atoms with E-state index in [0.29, 0.717) is 11.5 Å². The van der Waals surface area contributed by atoms with Gasteiger partial charge in [0.1, 0.15) is 17.3 Å². The largest absolute Gasteiger partial charge is 0.453 e. The normalized spacial score (nSPS) is 16.3. The molecule has 1 atom stereocenters. The topological polar surface area (TPSA) is 54.9 Å². The van der Waals surface area contributed by atoms with Crippen LogP contribution in [-0.2, 0) is 5.41 Å². The van der Waals surface area contributed by atoms with Gasteiger partial charge in [-0.25, -0.2) is 0 Å². The van der Waals surface area contributed by atoms with Crippen LogP contribution in [0.3, 0.4) is 0 Å². The van der Waals surface area contributed by atoms with Crippen LogP contribution < -0.4 is 20.1 Å². The van der Waals surface area contributed by atoms with Crippen LogP contribution >= 0.6 is 11.8 Å². The third kappa shape index (κ3) is 5.60. The summed E-state index contributed by atoms with van der Waals surface area (Å²) in [5.41, 5.74) is 5.71. The summed E-state index contributed by atoms with van der Waals surface area (Å²) in [6.07, 6.45) is 1.08. The molecule has 0 amide bonds. The summed E-state index contributed by atoms with van der Waals surface area (Å²) in [4.78, 5) is 6.81. The van der Waals surface area contributed by atoms with Crippen molar-refractivity contribution in [3.63, 3.8) is 0 Å². The molecule has 0 saturated heterocycles. The third-order valence-electron chi connectivity index (χ3n) is 8.78. The fraction of sp³-hybridized carbons (Fsp3) is 0.275. The van der Waals surface area contributed by atoms with Gasteiger partial charge in [0, 0.05) is 17.5 Å². The number of nitrogens with one attached hydrogen (secondary N) is 2. The summed E-state index contributed by atoms with van der Waals surface area (Å²) in [6, 6.07) is 31.6. The second kappa shape index (κ2) is 11.4. The van der Waals surface area contributed by atoms with Crippen LogP contribution in [0.1, 0.15) is 70.7 Å². The fourth-order valence-electron chi connectivity index (χ4n) is 7.08. The fourth-order valence-corrected chi connectivity index (χ4v) is 8.16. The molecular weight excluding hydrogens is 587 g/mol. The molecule has 5 aromatic carbocycles. The number of ether oxygens (including phenoxy) is 2. The molecule has 0 aliphatic carbocycles. The summed E-state index contributed by atoms with van der Waals surface area (Å²) >= 11 is 1.71. The predicted molar refractivity (Wildman–Crippen MR) is 192 cm³/mol. The van der Waals surface area contributed by atoms with Crippen LogP contribution in [-0.4, -0.2) is 12.9 Å². The molecular formula is C40H41N3O2S. The van der Waals surface area contributed by atoms with Crippen LogP contribution in [0.5, 0.6) is 23.0 Å². The lowest BCUT2D eigenvalue weighted by Gasteiger charge is -2.33. The lowest BCUT2D eigenvalue weighted by molar-refractivity contribution is 0.284. The number of aliphatic imine (C=N–C) groups is 1. The van der Waals surface area contributed by atoms with Gasteiger partial charge in [-0.1, -0.05) is 101 Å². The summed E-state index contributed by atoms with van der Waals surface area (Å²) in [5.74, 6) is 3.63. The Morgan fingerprint density at radius 1 is 0.783 bits per heavy atom. The van der Waals surface area contributed by atoms with E-state index in [4.69, 9.17) is 9.47 Å². The van der Waals surface area contributed by atoms with Crippen molar-refractivity contribution < 1.29 is 9.47 Å². The molecule has 0 spiro atoms. The van der Waals surface area contributed by atoms with Gasteiger partial charge in [0.05, 0.1) is 27.9 Å². The first-order chi connectivity index (χ1) is 22.0. The quantitative estimate of drug-likeness (QED) is 0.192. The Kier molecular flexibility index (Phi) is 7.51. The molecule has 0 aromatic heterocycles. The highest BCUT2D eigenvalue weighted by molar-refractivity contribution is 7.99. The molecule has 5 nitrogen and oxygen atoms in total. The van der Waals surface area contributed by atoms with Crippen LogP contribution in [0.4, 0.5) is 11.4 Å². The van der Waals surface area contributed by atoms with Gasteiger partial charge in [-0.15, -0.1) is 0 Å². The molecule has 2 aliphatic heterocycles. The number of nitrogens with zero attached hydrogens (tertiary/aromatic N) is 1. The second-order valence-electron chi connectivity index (χ2n) is 14.2. The molecule has 2 heterocycles. The maximum absolute atomic E-state index is 6.93. The number of hydrogen-bond acceptors (Lipinski definition) is 5. The molecule has 2 aliphatic rings. The zero-order chi connectivity index (χ0) is 32.2. The van der Waals surface area contributed by atoms with E-state index in [1.165, 1.54) is 10.9 Å². The molecule has 234 valence electrons. The number of amidine groups is 1.